The fourth-order valence-electron chi connectivity index (χ4n) is 1.76. The molecule has 6 heteroatoms. The third kappa shape index (κ3) is 3.54. The van der Waals surface area contributed by atoms with Gasteiger partial charge in [-0.3, -0.25) is 0 Å². The quantitative estimate of drug-likeness (QED) is 0.605. The zero-order chi connectivity index (χ0) is 12.8. The molecule has 0 aromatic carbocycles. The molecular formula is C12H16ClN3OS. The molecule has 2 aromatic rings. The van der Waals surface area contributed by atoms with E-state index < -0.39 is 0 Å². The van der Waals surface area contributed by atoms with Crippen LogP contribution in [0.4, 0.5) is 5.82 Å². The number of anilines is 1. The van der Waals surface area contributed by atoms with E-state index in [-0.39, 0.29) is 11.9 Å². The normalized spacial score (nSPS) is 11.0. The summed E-state index contributed by atoms with van der Waals surface area (Å²) in [4.78, 5) is 9.30. The molecule has 0 amide bonds. The minimum atomic E-state index is 0.282. The van der Waals surface area contributed by atoms with Gasteiger partial charge in [0.2, 0.25) is 5.28 Å². The second-order valence-electron chi connectivity index (χ2n) is 4.05. The van der Waals surface area contributed by atoms with Crippen molar-refractivity contribution < 1.29 is 5.11 Å². The van der Waals surface area contributed by atoms with Crippen LogP contribution in [0.25, 0.3) is 10.2 Å². The van der Waals surface area contributed by atoms with Crippen LogP contribution in [0.3, 0.4) is 0 Å². The Morgan fingerprint density at radius 1 is 1.22 bits per heavy atom. The highest BCUT2D eigenvalue weighted by molar-refractivity contribution is 7.16. The molecule has 2 heterocycles. The van der Waals surface area contributed by atoms with E-state index in [1.54, 1.807) is 11.3 Å². The van der Waals surface area contributed by atoms with Gasteiger partial charge in [0.1, 0.15) is 10.6 Å². The first-order chi connectivity index (χ1) is 8.81. The van der Waals surface area contributed by atoms with Crippen LogP contribution < -0.4 is 5.32 Å². The monoisotopic (exact) mass is 285 g/mol. The summed E-state index contributed by atoms with van der Waals surface area (Å²) in [5.41, 5.74) is 0. The highest BCUT2D eigenvalue weighted by Gasteiger charge is 2.06. The number of nitrogens with zero attached hydrogens (tertiary/aromatic N) is 2. The van der Waals surface area contributed by atoms with E-state index >= 15 is 0 Å². The number of rotatable bonds is 7. The summed E-state index contributed by atoms with van der Waals surface area (Å²) in [7, 11) is 0. The van der Waals surface area contributed by atoms with Crippen molar-refractivity contribution in [2.24, 2.45) is 0 Å². The van der Waals surface area contributed by atoms with Gasteiger partial charge in [-0.25, -0.2) is 9.97 Å². The van der Waals surface area contributed by atoms with Crippen molar-refractivity contribution in [3.8, 4) is 0 Å². The highest BCUT2D eigenvalue weighted by atomic mass is 35.5. The van der Waals surface area contributed by atoms with Crippen LogP contribution in [-0.2, 0) is 0 Å². The summed E-state index contributed by atoms with van der Waals surface area (Å²) in [5, 5.41) is 15.3. The Balaban J connectivity index is 1.89. The zero-order valence-corrected chi connectivity index (χ0v) is 11.6. The van der Waals surface area contributed by atoms with Crippen LogP contribution in [0.15, 0.2) is 11.4 Å². The van der Waals surface area contributed by atoms with Crippen molar-refractivity contribution in [3.05, 3.63) is 16.7 Å². The Morgan fingerprint density at radius 3 is 2.89 bits per heavy atom. The molecule has 0 fully saturated rings. The van der Waals surface area contributed by atoms with E-state index in [1.807, 2.05) is 11.4 Å². The van der Waals surface area contributed by atoms with Gasteiger partial charge in [0, 0.05) is 13.2 Å². The van der Waals surface area contributed by atoms with E-state index in [0.29, 0.717) is 0 Å². The molecule has 2 aromatic heterocycles. The van der Waals surface area contributed by atoms with Gasteiger partial charge >= 0.3 is 0 Å². The molecule has 0 saturated carbocycles. The molecule has 0 unspecified atom stereocenters. The predicted octanol–water partition coefficient (Wildman–Crippen LogP) is 3.31. The summed E-state index contributed by atoms with van der Waals surface area (Å²) in [5.74, 6) is 0.813. The Labute approximate surface area is 115 Å². The van der Waals surface area contributed by atoms with Crippen molar-refractivity contribution in [2.75, 3.05) is 18.5 Å². The van der Waals surface area contributed by atoms with Crippen molar-refractivity contribution in [3.63, 3.8) is 0 Å². The van der Waals surface area contributed by atoms with Crippen LogP contribution in [-0.4, -0.2) is 28.2 Å². The van der Waals surface area contributed by atoms with Gasteiger partial charge in [-0.05, 0) is 35.9 Å². The smallest absolute Gasteiger partial charge is 0.225 e. The first-order valence-electron chi connectivity index (χ1n) is 6.07. The standard InChI is InChI=1S/C12H16ClN3OS/c13-12-15-10(9-5-8-18-11(9)16-12)14-6-3-1-2-4-7-17/h5,8,17H,1-4,6-7H2,(H,14,15,16). The number of aliphatic hydroxyl groups excluding tert-OH is 1. The first kappa shape index (κ1) is 13.5. The van der Waals surface area contributed by atoms with E-state index in [9.17, 15) is 0 Å². The van der Waals surface area contributed by atoms with Crippen LogP contribution in [0.5, 0.6) is 0 Å². The number of hydrogen-bond donors (Lipinski definition) is 2. The van der Waals surface area contributed by atoms with Crippen molar-refractivity contribution in [1.29, 1.82) is 0 Å². The number of aliphatic hydroxyl groups is 1. The average molecular weight is 286 g/mol. The Hall–Kier alpha value is -0.910. The second kappa shape index (κ2) is 6.87. The lowest BCUT2D eigenvalue weighted by Gasteiger charge is -2.06. The van der Waals surface area contributed by atoms with Crippen LogP contribution in [0.2, 0.25) is 5.28 Å². The molecule has 0 aliphatic heterocycles. The SMILES string of the molecule is OCCCCCCNc1nc(Cl)nc2sccc12. The minimum Gasteiger partial charge on any atom is -0.396 e. The molecule has 4 nitrogen and oxygen atoms in total. The number of halogens is 1. The van der Waals surface area contributed by atoms with Crippen molar-refractivity contribution >= 4 is 39.0 Å². The van der Waals surface area contributed by atoms with Gasteiger partial charge in [0.15, 0.2) is 0 Å². The molecule has 0 aliphatic rings. The summed E-state index contributed by atoms with van der Waals surface area (Å²) < 4.78 is 0. The van der Waals surface area contributed by atoms with E-state index in [0.717, 1.165) is 48.3 Å². The summed E-state index contributed by atoms with van der Waals surface area (Å²) in [6.45, 7) is 1.15. The highest BCUT2D eigenvalue weighted by Crippen LogP contribution is 2.26. The Bertz CT molecular complexity index is 503. The largest absolute Gasteiger partial charge is 0.396 e. The third-order valence-corrected chi connectivity index (χ3v) is 3.65. The Morgan fingerprint density at radius 2 is 2.06 bits per heavy atom. The zero-order valence-electron chi connectivity index (χ0n) is 10.0. The summed E-state index contributed by atoms with van der Waals surface area (Å²) in [6.07, 6.45) is 4.12. The van der Waals surface area contributed by atoms with E-state index in [4.69, 9.17) is 16.7 Å². The van der Waals surface area contributed by atoms with Gasteiger partial charge in [-0.1, -0.05) is 12.8 Å². The van der Waals surface area contributed by atoms with Crippen LogP contribution in [0, 0.1) is 0 Å². The van der Waals surface area contributed by atoms with Crippen LogP contribution >= 0.6 is 22.9 Å². The lowest BCUT2D eigenvalue weighted by atomic mass is 10.2. The minimum absolute atomic E-state index is 0.282. The predicted molar refractivity (Wildman–Crippen MR) is 76.5 cm³/mol. The van der Waals surface area contributed by atoms with Gasteiger partial charge in [0.05, 0.1) is 5.39 Å². The molecule has 2 rings (SSSR count). The Kier molecular flexibility index (Phi) is 5.16. The first-order valence-corrected chi connectivity index (χ1v) is 7.32. The fraction of sp³-hybridized carbons (Fsp3) is 0.500. The lowest BCUT2D eigenvalue weighted by molar-refractivity contribution is 0.283. The fourth-order valence-corrected chi connectivity index (χ4v) is 2.74. The number of unbranched alkanes of at least 4 members (excludes halogenated alkanes) is 3. The van der Waals surface area contributed by atoms with Gasteiger partial charge in [-0.2, -0.15) is 0 Å². The van der Waals surface area contributed by atoms with Gasteiger partial charge < -0.3 is 10.4 Å². The number of fused-ring (bicyclic) bond motifs is 1. The molecule has 0 saturated heterocycles. The summed E-state index contributed by atoms with van der Waals surface area (Å²) in [6, 6.07) is 2.00. The second-order valence-corrected chi connectivity index (χ2v) is 5.28. The van der Waals surface area contributed by atoms with Gasteiger partial charge in [-0.15, -0.1) is 11.3 Å². The van der Waals surface area contributed by atoms with Crippen molar-refractivity contribution in [1.82, 2.24) is 9.97 Å². The third-order valence-electron chi connectivity index (χ3n) is 2.68. The molecule has 0 atom stereocenters. The average Bonchev–Trinajstić information content (AvgIpc) is 2.81. The molecule has 2 N–H and O–H groups in total. The molecular weight excluding hydrogens is 270 g/mol. The number of hydrogen-bond acceptors (Lipinski definition) is 5. The molecule has 0 spiro atoms. The topological polar surface area (TPSA) is 58.0 Å². The van der Waals surface area contributed by atoms with Gasteiger partial charge in [0.25, 0.3) is 0 Å². The molecule has 0 aliphatic carbocycles. The lowest BCUT2D eigenvalue weighted by Crippen LogP contribution is -2.04. The van der Waals surface area contributed by atoms with Crippen molar-refractivity contribution in [2.45, 2.75) is 25.7 Å². The molecule has 0 radical (unpaired) electrons. The summed E-state index contributed by atoms with van der Waals surface area (Å²) >= 11 is 7.44. The van der Waals surface area contributed by atoms with E-state index in [1.165, 1.54) is 0 Å². The van der Waals surface area contributed by atoms with E-state index in [2.05, 4.69) is 15.3 Å². The molecule has 98 valence electrons. The number of thiophene rings is 1. The maximum absolute atomic E-state index is 8.68. The maximum Gasteiger partial charge on any atom is 0.225 e. The molecule has 0 bridgehead atoms. The van der Waals surface area contributed by atoms with Crippen LogP contribution in [0.1, 0.15) is 25.7 Å². The number of nitrogens with one attached hydrogen (secondary N) is 1. The maximum atomic E-state index is 8.68. The number of aromatic nitrogens is 2. The molecule has 18 heavy (non-hydrogen) atoms.